The summed E-state index contributed by atoms with van der Waals surface area (Å²) in [4.78, 5) is 33.1. The number of rotatable bonds is 5. The van der Waals surface area contributed by atoms with Crippen molar-refractivity contribution < 1.29 is 4.79 Å². The van der Waals surface area contributed by atoms with Crippen LogP contribution >= 0.6 is 11.3 Å². The van der Waals surface area contributed by atoms with E-state index in [-0.39, 0.29) is 5.91 Å². The minimum Gasteiger partial charge on any atom is -0.313 e. The zero-order valence-electron chi connectivity index (χ0n) is 17.4. The third kappa shape index (κ3) is 3.49. The van der Waals surface area contributed by atoms with Gasteiger partial charge in [0.25, 0.3) is 5.91 Å². The number of aliphatic imine (C=N–C) groups is 1. The van der Waals surface area contributed by atoms with Gasteiger partial charge in [0.1, 0.15) is 0 Å². The normalized spacial score (nSPS) is 16.1. The predicted molar refractivity (Wildman–Crippen MR) is 125 cm³/mol. The Labute approximate surface area is 188 Å². The fraction of sp³-hybridized carbons (Fsp3) is 0.261. The third-order valence-corrected chi connectivity index (χ3v) is 6.83. The number of nitrogens with one attached hydrogen (secondary N) is 1. The standard InChI is InChI=1S/C23H21N7OS/c31-22-18-5-4-15(10-16(18)11-26-22)19-13-25-20(21-24-6-9-30(19)21)28-23-27-12-17(32-23)14-29-7-2-1-3-8-29/h4-6,9-13H,1-3,7-8,14H2,(H,25,27,28). The van der Waals surface area contributed by atoms with Gasteiger partial charge in [-0.25, -0.2) is 19.9 Å². The van der Waals surface area contributed by atoms with Gasteiger partial charge in [-0.2, -0.15) is 0 Å². The number of hydrogen-bond donors (Lipinski definition) is 1. The van der Waals surface area contributed by atoms with Gasteiger partial charge in [0.15, 0.2) is 16.6 Å². The molecule has 0 atom stereocenters. The summed E-state index contributed by atoms with van der Waals surface area (Å²) in [6.07, 6.45) is 12.9. The van der Waals surface area contributed by atoms with Gasteiger partial charge < -0.3 is 5.32 Å². The van der Waals surface area contributed by atoms with E-state index in [1.807, 2.05) is 41.2 Å². The maximum atomic E-state index is 11.8. The van der Waals surface area contributed by atoms with Crippen molar-refractivity contribution in [2.75, 3.05) is 18.4 Å². The molecule has 0 bridgehead atoms. The first kappa shape index (κ1) is 19.3. The van der Waals surface area contributed by atoms with Gasteiger partial charge in [-0.15, -0.1) is 11.3 Å². The monoisotopic (exact) mass is 443 g/mol. The van der Waals surface area contributed by atoms with E-state index >= 15 is 0 Å². The van der Waals surface area contributed by atoms with Crippen LogP contribution in [-0.4, -0.2) is 49.5 Å². The molecule has 3 aromatic heterocycles. The maximum Gasteiger partial charge on any atom is 0.277 e. The number of carbonyl (C=O) groups is 1. The lowest BCUT2D eigenvalue weighted by Gasteiger charge is -2.25. The number of piperidine rings is 1. The van der Waals surface area contributed by atoms with Crippen molar-refractivity contribution in [1.29, 1.82) is 0 Å². The Kier molecular flexibility index (Phi) is 4.77. The highest BCUT2D eigenvalue weighted by Gasteiger charge is 2.18. The van der Waals surface area contributed by atoms with E-state index in [9.17, 15) is 4.79 Å². The molecule has 9 heteroatoms. The fourth-order valence-corrected chi connectivity index (χ4v) is 5.17. The number of amides is 1. The number of nitrogens with zero attached hydrogens (tertiary/aromatic N) is 6. The largest absolute Gasteiger partial charge is 0.313 e. The summed E-state index contributed by atoms with van der Waals surface area (Å²) in [6.45, 7) is 3.29. The average molecular weight is 444 g/mol. The molecule has 0 saturated carbocycles. The third-order valence-electron chi connectivity index (χ3n) is 5.93. The second kappa shape index (κ2) is 7.92. The summed E-state index contributed by atoms with van der Waals surface area (Å²) in [7, 11) is 0. The Morgan fingerprint density at radius 3 is 2.88 bits per heavy atom. The minimum atomic E-state index is -0.194. The highest BCUT2D eigenvalue weighted by atomic mass is 32.1. The van der Waals surface area contributed by atoms with Crippen molar-refractivity contribution in [3.05, 3.63) is 59.0 Å². The molecule has 0 radical (unpaired) electrons. The van der Waals surface area contributed by atoms with Crippen LogP contribution in [0.15, 0.2) is 48.0 Å². The highest BCUT2D eigenvalue weighted by molar-refractivity contribution is 7.15. The number of likely N-dealkylation sites (tertiary alicyclic amines) is 1. The number of thiazole rings is 1. The predicted octanol–water partition coefficient (Wildman–Crippen LogP) is 4.16. The summed E-state index contributed by atoms with van der Waals surface area (Å²) in [5.74, 6) is 0.468. The number of fused-ring (bicyclic) bond motifs is 2. The van der Waals surface area contributed by atoms with Gasteiger partial charge in [0.2, 0.25) is 0 Å². The topological polar surface area (TPSA) is 87.8 Å². The van der Waals surface area contributed by atoms with E-state index in [4.69, 9.17) is 0 Å². The smallest absolute Gasteiger partial charge is 0.277 e. The zero-order chi connectivity index (χ0) is 21.5. The number of hydrogen-bond acceptors (Lipinski definition) is 7. The molecule has 32 heavy (non-hydrogen) atoms. The van der Waals surface area contributed by atoms with Gasteiger partial charge in [-0.05, 0) is 38.1 Å². The molecule has 1 aromatic carbocycles. The Morgan fingerprint density at radius 1 is 1.06 bits per heavy atom. The van der Waals surface area contributed by atoms with Crippen molar-refractivity contribution in [1.82, 2.24) is 24.3 Å². The molecule has 1 N–H and O–H groups in total. The van der Waals surface area contributed by atoms with E-state index < -0.39 is 0 Å². The van der Waals surface area contributed by atoms with Crippen LogP contribution in [0.1, 0.15) is 40.1 Å². The van der Waals surface area contributed by atoms with Gasteiger partial charge in [-0.1, -0.05) is 12.5 Å². The fourth-order valence-electron chi connectivity index (χ4n) is 4.32. The van der Waals surface area contributed by atoms with Crippen molar-refractivity contribution in [3.63, 3.8) is 0 Å². The Hall–Kier alpha value is -3.43. The molecule has 6 rings (SSSR count). The molecule has 0 spiro atoms. The Balaban J connectivity index is 1.27. The van der Waals surface area contributed by atoms with Crippen molar-refractivity contribution in [2.45, 2.75) is 25.8 Å². The summed E-state index contributed by atoms with van der Waals surface area (Å²) in [6, 6.07) is 5.69. The lowest BCUT2D eigenvalue weighted by Crippen LogP contribution is -2.28. The number of benzene rings is 1. The van der Waals surface area contributed by atoms with Crippen molar-refractivity contribution >= 4 is 40.1 Å². The number of imidazole rings is 1. The molecule has 5 heterocycles. The van der Waals surface area contributed by atoms with Crippen molar-refractivity contribution in [2.24, 2.45) is 4.99 Å². The average Bonchev–Trinajstić information content (AvgIpc) is 3.56. The van der Waals surface area contributed by atoms with Crippen LogP contribution in [0.2, 0.25) is 0 Å². The first-order valence-electron chi connectivity index (χ1n) is 10.7. The van der Waals surface area contributed by atoms with E-state index in [0.29, 0.717) is 11.4 Å². The summed E-state index contributed by atoms with van der Waals surface area (Å²) in [5.41, 5.74) is 4.02. The molecular weight excluding hydrogens is 422 g/mol. The maximum absolute atomic E-state index is 11.8. The highest BCUT2D eigenvalue weighted by Crippen LogP contribution is 2.29. The lowest BCUT2D eigenvalue weighted by atomic mass is 10.0. The van der Waals surface area contributed by atoms with E-state index in [0.717, 1.165) is 34.1 Å². The van der Waals surface area contributed by atoms with E-state index in [2.05, 4.69) is 30.2 Å². The SMILES string of the molecule is O=C1N=Cc2cc(-c3cnc(Nc4ncc(CN5CCCCC5)s4)c4nccn34)ccc21. The van der Waals surface area contributed by atoms with Gasteiger partial charge in [0.05, 0.1) is 17.5 Å². The molecule has 1 saturated heterocycles. The van der Waals surface area contributed by atoms with Crippen LogP contribution in [0.4, 0.5) is 10.9 Å². The van der Waals surface area contributed by atoms with Crippen LogP contribution in [0.5, 0.6) is 0 Å². The minimum absolute atomic E-state index is 0.194. The molecule has 1 fully saturated rings. The first-order valence-corrected chi connectivity index (χ1v) is 11.6. The van der Waals surface area contributed by atoms with Gasteiger partial charge in [0, 0.05) is 47.4 Å². The molecule has 160 valence electrons. The van der Waals surface area contributed by atoms with Crippen LogP contribution < -0.4 is 5.32 Å². The number of carbonyl (C=O) groups excluding carboxylic acids is 1. The van der Waals surface area contributed by atoms with Gasteiger partial charge in [-0.3, -0.25) is 14.1 Å². The van der Waals surface area contributed by atoms with Crippen molar-refractivity contribution in [3.8, 4) is 11.3 Å². The van der Waals surface area contributed by atoms with Crippen LogP contribution in [0.3, 0.4) is 0 Å². The van der Waals surface area contributed by atoms with E-state index in [1.165, 1.54) is 37.2 Å². The summed E-state index contributed by atoms with van der Waals surface area (Å²) in [5, 5.41) is 4.16. The van der Waals surface area contributed by atoms with Gasteiger partial charge >= 0.3 is 0 Å². The quantitative estimate of drug-likeness (QED) is 0.498. The molecular formula is C23H21N7OS. The molecule has 1 amide bonds. The number of aromatic nitrogens is 4. The second-order valence-corrected chi connectivity index (χ2v) is 9.19. The second-order valence-electron chi connectivity index (χ2n) is 8.07. The van der Waals surface area contributed by atoms with E-state index in [1.54, 1.807) is 23.7 Å². The Bertz CT molecular complexity index is 1350. The van der Waals surface area contributed by atoms with Crippen LogP contribution in [0.25, 0.3) is 16.9 Å². The molecule has 0 aliphatic carbocycles. The number of anilines is 2. The lowest BCUT2D eigenvalue weighted by molar-refractivity contribution is 0.101. The molecule has 2 aliphatic heterocycles. The van der Waals surface area contributed by atoms with Crippen LogP contribution in [0, 0.1) is 0 Å². The molecule has 0 unspecified atom stereocenters. The molecule has 2 aliphatic rings. The first-order chi connectivity index (χ1) is 15.7. The summed E-state index contributed by atoms with van der Waals surface area (Å²) < 4.78 is 1.99. The molecule has 8 nitrogen and oxygen atoms in total. The zero-order valence-corrected chi connectivity index (χ0v) is 18.2. The van der Waals surface area contributed by atoms with Crippen LogP contribution in [-0.2, 0) is 6.54 Å². The Morgan fingerprint density at radius 2 is 1.97 bits per heavy atom. The molecule has 4 aromatic rings. The summed E-state index contributed by atoms with van der Waals surface area (Å²) >= 11 is 1.66.